The van der Waals surface area contributed by atoms with E-state index in [4.69, 9.17) is 0 Å². The third-order valence-corrected chi connectivity index (χ3v) is 1.62. The van der Waals surface area contributed by atoms with Crippen LogP contribution in [0.5, 0.6) is 0 Å². The number of aromatic amines is 1. The van der Waals surface area contributed by atoms with Crippen LogP contribution in [0.25, 0.3) is 0 Å². The lowest BCUT2D eigenvalue weighted by atomic mass is 10.2. The van der Waals surface area contributed by atoms with Crippen LogP contribution in [0.3, 0.4) is 0 Å². The molecule has 1 aromatic heterocycles. The summed E-state index contributed by atoms with van der Waals surface area (Å²) >= 11 is 0. The van der Waals surface area contributed by atoms with Crippen LogP contribution in [0, 0.1) is 0 Å². The van der Waals surface area contributed by atoms with E-state index in [-0.39, 0.29) is 5.69 Å². The van der Waals surface area contributed by atoms with Gasteiger partial charge in [-0.15, -0.1) is 0 Å². The molecule has 82 valence electrons. The standard InChI is InChI=1S/C8H6F3NO3/c1-15-7(14)5-2-6(13)4(3-12-5)8(9,10)11/h2-3H,1H3,(H,12,13). The van der Waals surface area contributed by atoms with Crippen LogP contribution in [-0.2, 0) is 10.9 Å². The van der Waals surface area contributed by atoms with Crippen molar-refractivity contribution in [3.05, 3.63) is 33.7 Å². The molecule has 0 unspecified atom stereocenters. The second-order valence-corrected chi connectivity index (χ2v) is 2.61. The van der Waals surface area contributed by atoms with Gasteiger partial charge in [0.1, 0.15) is 11.3 Å². The number of H-pyrrole nitrogens is 1. The van der Waals surface area contributed by atoms with Crippen LogP contribution in [-0.4, -0.2) is 18.1 Å². The minimum absolute atomic E-state index is 0.324. The van der Waals surface area contributed by atoms with E-state index in [1.54, 1.807) is 0 Å². The molecule has 0 saturated heterocycles. The summed E-state index contributed by atoms with van der Waals surface area (Å²) in [6.07, 6.45) is -4.29. The summed E-state index contributed by atoms with van der Waals surface area (Å²) in [6, 6.07) is 0.550. The molecule has 7 heteroatoms. The molecule has 1 rings (SSSR count). The third kappa shape index (κ3) is 2.36. The number of ether oxygens (including phenoxy) is 1. The van der Waals surface area contributed by atoms with Gasteiger partial charge in [0, 0.05) is 12.3 Å². The van der Waals surface area contributed by atoms with Crippen molar-refractivity contribution in [3.63, 3.8) is 0 Å². The fraction of sp³-hybridized carbons (Fsp3) is 0.250. The fourth-order valence-electron chi connectivity index (χ4n) is 0.921. The van der Waals surface area contributed by atoms with Gasteiger partial charge in [0.2, 0.25) is 0 Å². The summed E-state index contributed by atoms with van der Waals surface area (Å²) in [5.74, 6) is -0.902. The molecule has 0 saturated carbocycles. The number of nitrogens with one attached hydrogen (secondary N) is 1. The molecule has 0 atom stereocenters. The monoisotopic (exact) mass is 221 g/mol. The first-order valence-corrected chi connectivity index (χ1v) is 3.74. The van der Waals surface area contributed by atoms with E-state index in [1.165, 1.54) is 0 Å². The molecule has 0 aliphatic carbocycles. The predicted octanol–water partition coefficient (Wildman–Crippen LogP) is 1.18. The predicted molar refractivity (Wildman–Crippen MR) is 43.4 cm³/mol. The molecule has 0 spiro atoms. The van der Waals surface area contributed by atoms with Crippen LogP contribution in [0.2, 0.25) is 0 Å². The van der Waals surface area contributed by atoms with Crippen LogP contribution >= 0.6 is 0 Å². The number of hydrogen-bond donors (Lipinski definition) is 1. The highest BCUT2D eigenvalue weighted by molar-refractivity contribution is 5.86. The van der Waals surface area contributed by atoms with Gasteiger partial charge < -0.3 is 9.72 Å². The Kier molecular flexibility index (Phi) is 2.83. The van der Waals surface area contributed by atoms with Crippen molar-refractivity contribution in [3.8, 4) is 0 Å². The Balaban J connectivity index is 3.21. The van der Waals surface area contributed by atoms with Crippen molar-refractivity contribution < 1.29 is 22.7 Å². The Labute approximate surface area is 81.7 Å². The summed E-state index contributed by atoms with van der Waals surface area (Å²) in [7, 11) is 1.05. The van der Waals surface area contributed by atoms with E-state index in [9.17, 15) is 22.8 Å². The fourth-order valence-corrected chi connectivity index (χ4v) is 0.921. The summed E-state index contributed by atoms with van der Waals surface area (Å²) in [5.41, 5.74) is -2.95. The molecule has 0 fully saturated rings. The SMILES string of the molecule is COC(=O)c1cc(=O)c(C(F)(F)F)c[nH]1. The third-order valence-electron chi connectivity index (χ3n) is 1.62. The average molecular weight is 221 g/mol. The number of aromatic nitrogens is 1. The molecule has 4 nitrogen and oxygen atoms in total. The largest absolute Gasteiger partial charge is 0.464 e. The van der Waals surface area contributed by atoms with Gasteiger partial charge in [0.15, 0.2) is 5.43 Å². The van der Waals surface area contributed by atoms with Gasteiger partial charge in [0.05, 0.1) is 7.11 Å². The average Bonchev–Trinajstić information content (AvgIpc) is 2.14. The van der Waals surface area contributed by atoms with E-state index < -0.39 is 23.1 Å². The Morgan fingerprint density at radius 1 is 1.47 bits per heavy atom. The molecule has 1 aromatic rings. The lowest BCUT2D eigenvalue weighted by Gasteiger charge is -2.05. The Morgan fingerprint density at radius 3 is 2.47 bits per heavy atom. The van der Waals surface area contributed by atoms with Crippen molar-refractivity contribution in [2.45, 2.75) is 6.18 Å². The number of rotatable bonds is 1. The highest BCUT2D eigenvalue weighted by atomic mass is 19.4. The maximum Gasteiger partial charge on any atom is 0.421 e. The van der Waals surface area contributed by atoms with Gasteiger partial charge in [-0.05, 0) is 0 Å². The van der Waals surface area contributed by atoms with Gasteiger partial charge in [-0.25, -0.2) is 4.79 Å². The first-order valence-electron chi connectivity index (χ1n) is 3.74. The summed E-state index contributed by atoms with van der Waals surface area (Å²) in [4.78, 5) is 23.9. The van der Waals surface area contributed by atoms with E-state index in [2.05, 4.69) is 4.74 Å². The second-order valence-electron chi connectivity index (χ2n) is 2.61. The van der Waals surface area contributed by atoms with Gasteiger partial charge >= 0.3 is 12.1 Å². The summed E-state index contributed by atoms with van der Waals surface area (Å²) in [6.45, 7) is 0. The Bertz CT molecular complexity index is 435. The molecule has 0 radical (unpaired) electrons. The molecule has 0 amide bonds. The first-order chi connectivity index (χ1) is 6.86. The lowest BCUT2D eigenvalue weighted by Crippen LogP contribution is -2.21. The number of carbonyl (C=O) groups is 1. The Morgan fingerprint density at radius 2 is 2.07 bits per heavy atom. The summed E-state index contributed by atoms with van der Waals surface area (Å²) < 4.78 is 40.6. The summed E-state index contributed by atoms with van der Waals surface area (Å²) in [5, 5.41) is 0. The minimum atomic E-state index is -4.73. The molecule has 1 heterocycles. The second kappa shape index (κ2) is 3.76. The van der Waals surface area contributed by atoms with Crippen LogP contribution in [0.15, 0.2) is 17.1 Å². The van der Waals surface area contributed by atoms with Gasteiger partial charge in [-0.3, -0.25) is 4.79 Å². The highest BCUT2D eigenvalue weighted by Gasteiger charge is 2.33. The zero-order chi connectivity index (χ0) is 11.6. The van der Waals surface area contributed by atoms with Crippen LogP contribution in [0.1, 0.15) is 16.1 Å². The van der Waals surface area contributed by atoms with Gasteiger partial charge in [0.25, 0.3) is 0 Å². The minimum Gasteiger partial charge on any atom is -0.464 e. The molecule has 1 N–H and O–H groups in total. The van der Waals surface area contributed by atoms with E-state index in [0.29, 0.717) is 12.3 Å². The zero-order valence-electron chi connectivity index (χ0n) is 7.51. The van der Waals surface area contributed by atoms with Crippen LogP contribution < -0.4 is 5.43 Å². The van der Waals surface area contributed by atoms with Crippen molar-refractivity contribution in [2.24, 2.45) is 0 Å². The smallest absolute Gasteiger partial charge is 0.421 e. The van der Waals surface area contributed by atoms with Crippen LogP contribution in [0.4, 0.5) is 13.2 Å². The lowest BCUT2D eigenvalue weighted by molar-refractivity contribution is -0.138. The van der Waals surface area contributed by atoms with Gasteiger partial charge in [-0.1, -0.05) is 0 Å². The Hall–Kier alpha value is -1.79. The number of esters is 1. The molecule has 0 aromatic carbocycles. The number of halogens is 3. The van der Waals surface area contributed by atoms with E-state index in [0.717, 1.165) is 7.11 Å². The van der Waals surface area contributed by atoms with Crippen molar-refractivity contribution >= 4 is 5.97 Å². The molecule has 15 heavy (non-hydrogen) atoms. The van der Waals surface area contributed by atoms with E-state index in [1.807, 2.05) is 4.98 Å². The van der Waals surface area contributed by atoms with Crippen molar-refractivity contribution in [2.75, 3.05) is 7.11 Å². The number of pyridine rings is 1. The number of carbonyl (C=O) groups excluding carboxylic acids is 1. The topological polar surface area (TPSA) is 59.2 Å². The molecule has 0 bridgehead atoms. The normalized spacial score (nSPS) is 11.2. The molecule has 0 aliphatic rings. The van der Waals surface area contributed by atoms with E-state index >= 15 is 0 Å². The number of methoxy groups -OCH3 is 1. The quantitative estimate of drug-likeness (QED) is 0.724. The first kappa shape index (κ1) is 11.3. The number of alkyl halides is 3. The maximum atomic E-state index is 12.1. The van der Waals surface area contributed by atoms with Crippen molar-refractivity contribution in [1.82, 2.24) is 4.98 Å². The van der Waals surface area contributed by atoms with Gasteiger partial charge in [-0.2, -0.15) is 13.2 Å². The molecular weight excluding hydrogens is 215 g/mol. The van der Waals surface area contributed by atoms with Crippen molar-refractivity contribution in [1.29, 1.82) is 0 Å². The molecule has 0 aliphatic heterocycles. The number of hydrogen-bond acceptors (Lipinski definition) is 3. The maximum absolute atomic E-state index is 12.1. The molecular formula is C8H6F3NO3. The zero-order valence-corrected chi connectivity index (χ0v) is 7.51. The highest BCUT2D eigenvalue weighted by Crippen LogP contribution is 2.25.